The molecule has 0 aromatic rings. The Kier molecular flexibility index (Phi) is 4.52. The third-order valence-electron chi connectivity index (χ3n) is 4.63. The molecule has 0 radical (unpaired) electrons. The monoisotopic (exact) mass is 283 g/mol. The summed E-state index contributed by atoms with van der Waals surface area (Å²) >= 11 is 0. The van der Waals surface area contributed by atoms with E-state index in [-0.39, 0.29) is 11.9 Å². The van der Waals surface area contributed by atoms with Crippen LogP contribution in [0.2, 0.25) is 0 Å². The van der Waals surface area contributed by atoms with Gasteiger partial charge in [0.25, 0.3) is 0 Å². The maximum atomic E-state index is 11.9. The minimum absolute atomic E-state index is 0.0584. The van der Waals surface area contributed by atoms with Gasteiger partial charge in [-0.15, -0.1) is 0 Å². The first-order valence-electron chi connectivity index (χ1n) is 7.43. The summed E-state index contributed by atoms with van der Waals surface area (Å²) in [7, 11) is 2.06. The number of piperidine rings is 1. The lowest BCUT2D eigenvalue weighted by Crippen LogP contribution is -2.58. The van der Waals surface area contributed by atoms with Gasteiger partial charge in [-0.1, -0.05) is 6.42 Å². The fourth-order valence-electron chi connectivity index (χ4n) is 2.88. The fourth-order valence-corrected chi connectivity index (χ4v) is 2.88. The first-order chi connectivity index (χ1) is 9.43. The summed E-state index contributed by atoms with van der Waals surface area (Å²) in [5.74, 6) is -0.895. The highest BCUT2D eigenvalue weighted by Crippen LogP contribution is 2.39. The van der Waals surface area contributed by atoms with Gasteiger partial charge in [0.05, 0.1) is 0 Å². The highest BCUT2D eigenvalue weighted by atomic mass is 16.4. The number of carbonyl (C=O) groups excluding carboxylic acids is 1. The molecule has 1 aliphatic heterocycles. The molecular weight excluding hydrogens is 258 g/mol. The Morgan fingerprint density at radius 1 is 1.30 bits per heavy atom. The predicted octanol–water partition coefficient (Wildman–Crippen LogP) is 1.02. The van der Waals surface area contributed by atoms with Crippen molar-refractivity contribution >= 4 is 12.0 Å². The molecule has 6 heteroatoms. The number of amides is 2. The van der Waals surface area contributed by atoms with Gasteiger partial charge in [0.1, 0.15) is 5.54 Å². The molecule has 6 nitrogen and oxygen atoms in total. The smallest absolute Gasteiger partial charge is 0.329 e. The Bertz CT molecular complexity index is 384. The van der Waals surface area contributed by atoms with E-state index in [1.165, 1.54) is 12.8 Å². The van der Waals surface area contributed by atoms with Crippen LogP contribution in [0, 0.1) is 5.92 Å². The second-order valence-electron chi connectivity index (χ2n) is 6.25. The number of urea groups is 1. The number of carboxylic acid groups (broad SMARTS) is 1. The molecule has 0 spiro atoms. The van der Waals surface area contributed by atoms with Crippen molar-refractivity contribution in [1.82, 2.24) is 15.5 Å². The molecule has 3 N–H and O–H groups in total. The minimum Gasteiger partial charge on any atom is -0.480 e. The molecule has 20 heavy (non-hydrogen) atoms. The average Bonchev–Trinajstić information content (AvgIpc) is 3.22. The Morgan fingerprint density at radius 3 is 2.55 bits per heavy atom. The SMILES string of the molecule is CN1CCCCC1CNC(=O)NC(C)(C(=O)O)C1CC1. The van der Waals surface area contributed by atoms with E-state index in [4.69, 9.17) is 0 Å². The van der Waals surface area contributed by atoms with Crippen LogP contribution in [0.4, 0.5) is 4.79 Å². The lowest BCUT2D eigenvalue weighted by molar-refractivity contribution is -0.144. The number of rotatable bonds is 5. The number of nitrogens with zero attached hydrogens (tertiary/aromatic N) is 1. The minimum atomic E-state index is -1.14. The van der Waals surface area contributed by atoms with Crippen molar-refractivity contribution in [3.05, 3.63) is 0 Å². The summed E-state index contributed by atoms with van der Waals surface area (Å²) in [5, 5.41) is 14.8. The molecule has 2 rings (SSSR count). The first kappa shape index (κ1) is 15.1. The first-order valence-corrected chi connectivity index (χ1v) is 7.43. The van der Waals surface area contributed by atoms with Crippen LogP contribution in [-0.2, 0) is 4.79 Å². The molecule has 0 aromatic heterocycles. The van der Waals surface area contributed by atoms with Crippen LogP contribution in [0.3, 0.4) is 0 Å². The Labute approximate surface area is 119 Å². The van der Waals surface area contributed by atoms with Crippen LogP contribution < -0.4 is 10.6 Å². The number of nitrogens with one attached hydrogen (secondary N) is 2. The number of likely N-dealkylation sites (N-methyl/N-ethyl adjacent to an activating group) is 1. The Morgan fingerprint density at radius 2 is 2.00 bits per heavy atom. The van der Waals surface area contributed by atoms with E-state index in [0.29, 0.717) is 12.6 Å². The third kappa shape index (κ3) is 3.42. The zero-order chi connectivity index (χ0) is 14.8. The number of likely N-dealkylation sites (tertiary alicyclic amines) is 1. The standard InChI is InChI=1S/C14H25N3O3/c1-14(12(18)19,10-6-7-10)16-13(20)15-9-11-5-3-4-8-17(11)2/h10-11H,3-9H2,1-2H3,(H,18,19)(H2,15,16,20). The predicted molar refractivity (Wildman–Crippen MR) is 75.6 cm³/mol. The van der Waals surface area contributed by atoms with E-state index in [2.05, 4.69) is 22.6 Å². The van der Waals surface area contributed by atoms with Gasteiger partial charge in [-0.2, -0.15) is 0 Å². The van der Waals surface area contributed by atoms with Crippen LogP contribution in [0.5, 0.6) is 0 Å². The normalized spacial score (nSPS) is 26.6. The largest absolute Gasteiger partial charge is 0.480 e. The zero-order valence-electron chi connectivity index (χ0n) is 12.3. The number of carbonyl (C=O) groups is 2. The van der Waals surface area contributed by atoms with Crippen LogP contribution in [0.15, 0.2) is 0 Å². The highest BCUT2D eigenvalue weighted by molar-refractivity contribution is 5.86. The van der Waals surface area contributed by atoms with Crippen LogP contribution in [-0.4, -0.2) is 53.7 Å². The molecule has 1 aliphatic carbocycles. The second-order valence-corrected chi connectivity index (χ2v) is 6.25. The molecular formula is C14H25N3O3. The lowest BCUT2D eigenvalue weighted by atomic mass is 9.96. The molecule has 1 saturated heterocycles. The van der Waals surface area contributed by atoms with Gasteiger partial charge in [-0.3, -0.25) is 0 Å². The summed E-state index contributed by atoms with van der Waals surface area (Å²) in [6.07, 6.45) is 5.21. The molecule has 2 unspecified atom stereocenters. The highest BCUT2D eigenvalue weighted by Gasteiger charge is 2.48. The number of carboxylic acids is 1. The molecule has 0 aromatic carbocycles. The fraction of sp³-hybridized carbons (Fsp3) is 0.857. The van der Waals surface area contributed by atoms with Crippen molar-refractivity contribution < 1.29 is 14.7 Å². The maximum Gasteiger partial charge on any atom is 0.329 e. The van der Waals surface area contributed by atoms with E-state index in [1.54, 1.807) is 6.92 Å². The zero-order valence-corrected chi connectivity index (χ0v) is 12.3. The van der Waals surface area contributed by atoms with E-state index in [9.17, 15) is 14.7 Å². The second kappa shape index (κ2) is 5.99. The van der Waals surface area contributed by atoms with E-state index in [0.717, 1.165) is 25.8 Å². The molecule has 114 valence electrons. The van der Waals surface area contributed by atoms with Gasteiger partial charge in [-0.25, -0.2) is 9.59 Å². The molecule has 2 aliphatic rings. The molecule has 0 bridgehead atoms. The summed E-state index contributed by atoms with van der Waals surface area (Å²) in [6, 6.07) is -0.0210. The van der Waals surface area contributed by atoms with Gasteiger partial charge in [0.15, 0.2) is 0 Å². The topological polar surface area (TPSA) is 81.7 Å². The van der Waals surface area contributed by atoms with E-state index in [1.807, 2.05) is 0 Å². The van der Waals surface area contributed by atoms with Crippen LogP contribution in [0.25, 0.3) is 0 Å². The van der Waals surface area contributed by atoms with E-state index < -0.39 is 11.5 Å². The van der Waals surface area contributed by atoms with Gasteiger partial charge in [0, 0.05) is 12.6 Å². The van der Waals surface area contributed by atoms with Gasteiger partial charge in [-0.05, 0) is 52.1 Å². The van der Waals surface area contributed by atoms with Gasteiger partial charge in [0.2, 0.25) is 0 Å². The number of aliphatic carboxylic acids is 1. The van der Waals surface area contributed by atoms with Crippen LogP contribution >= 0.6 is 0 Å². The summed E-state index contributed by atoms with van der Waals surface area (Å²) < 4.78 is 0. The molecule has 2 fully saturated rings. The van der Waals surface area contributed by atoms with Crippen LogP contribution in [0.1, 0.15) is 39.0 Å². The van der Waals surface area contributed by atoms with Crippen molar-refractivity contribution in [2.45, 2.75) is 50.6 Å². The third-order valence-corrected chi connectivity index (χ3v) is 4.63. The molecule has 1 saturated carbocycles. The molecule has 2 amide bonds. The summed E-state index contributed by atoms with van der Waals surface area (Å²) in [5.41, 5.74) is -1.14. The summed E-state index contributed by atoms with van der Waals surface area (Å²) in [6.45, 7) is 3.23. The van der Waals surface area contributed by atoms with Crippen molar-refractivity contribution in [2.75, 3.05) is 20.1 Å². The molecule has 2 atom stereocenters. The van der Waals surface area contributed by atoms with E-state index >= 15 is 0 Å². The average molecular weight is 283 g/mol. The van der Waals surface area contributed by atoms with Crippen molar-refractivity contribution in [3.8, 4) is 0 Å². The number of hydrogen-bond donors (Lipinski definition) is 3. The van der Waals surface area contributed by atoms with Crippen molar-refractivity contribution in [2.24, 2.45) is 5.92 Å². The Balaban J connectivity index is 1.81. The van der Waals surface area contributed by atoms with Gasteiger partial charge >= 0.3 is 12.0 Å². The van der Waals surface area contributed by atoms with Crippen molar-refractivity contribution in [1.29, 1.82) is 0 Å². The van der Waals surface area contributed by atoms with Crippen molar-refractivity contribution in [3.63, 3.8) is 0 Å². The molecule has 1 heterocycles. The maximum absolute atomic E-state index is 11.9. The lowest BCUT2D eigenvalue weighted by Gasteiger charge is -2.33. The summed E-state index contributed by atoms with van der Waals surface area (Å²) in [4.78, 5) is 25.5. The number of hydrogen-bond acceptors (Lipinski definition) is 3. The van der Waals surface area contributed by atoms with Gasteiger partial charge < -0.3 is 20.6 Å². The Hall–Kier alpha value is -1.30. The quantitative estimate of drug-likeness (QED) is 0.703.